The number of halogens is 2. The summed E-state index contributed by atoms with van der Waals surface area (Å²) in [6.45, 7) is 0.589. The largest absolute Gasteiger partial charge is 0.370 e. The first-order valence-electron chi connectivity index (χ1n) is 8.85. The number of nitrogens with zero attached hydrogens (tertiary/aromatic N) is 3. The molecule has 146 valence electrons. The van der Waals surface area contributed by atoms with Gasteiger partial charge < -0.3 is 16.8 Å². The summed E-state index contributed by atoms with van der Waals surface area (Å²) in [5.41, 5.74) is 15.1. The summed E-state index contributed by atoms with van der Waals surface area (Å²) in [5, 5.41) is 4.60. The van der Waals surface area contributed by atoms with Gasteiger partial charge in [0.2, 0.25) is 0 Å². The highest BCUT2D eigenvalue weighted by Gasteiger charge is 2.15. The molecule has 6 nitrogen and oxygen atoms in total. The van der Waals surface area contributed by atoms with E-state index in [2.05, 4.69) is 10.3 Å². The Kier molecular flexibility index (Phi) is 5.29. The van der Waals surface area contributed by atoms with Crippen molar-refractivity contribution in [2.75, 3.05) is 5.32 Å². The van der Waals surface area contributed by atoms with E-state index in [4.69, 9.17) is 39.7 Å². The van der Waals surface area contributed by atoms with Crippen molar-refractivity contribution >= 4 is 46.3 Å². The number of fused-ring (bicyclic) bond motifs is 1. The molecule has 0 saturated carbocycles. The number of guanidine groups is 1. The lowest BCUT2D eigenvalue weighted by Crippen LogP contribution is -2.21. The molecule has 0 saturated heterocycles. The maximum Gasteiger partial charge on any atom is 0.191 e. The number of anilines is 1. The molecule has 0 spiro atoms. The summed E-state index contributed by atoms with van der Waals surface area (Å²) in [7, 11) is 0. The number of nitrogens with two attached hydrogens (primary N) is 2. The summed E-state index contributed by atoms with van der Waals surface area (Å²) in [6, 6.07) is 18.9. The van der Waals surface area contributed by atoms with Gasteiger partial charge in [-0.25, -0.2) is 9.98 Å². The molecule has 0 radical (unpaired) electrons. The van der Waals surface area contributed by atoms with Crippen LogP contribution in [0.25, 0.3) is 16.9 Å². The molecule has 2 aromatic carbocycles. The molecule has 2 heterocycles. The van der Waals surface area contributed by atoms with Gasteiger partial charge in [-0.15, -0.1) is 0 Å². The fourth-order valence-electron chi connectivity index (χ4n) is 3.08. The zero-order chi connectivity index (χ0) is 20.4. The van der Waals surface area contributed by atoms with Gasteiger partial charge in [-0.1, -0.05) is 41.4 Å². The van der Waals surface area contributed by atoms with Crippen molar-refractivity contribution < 1.29 is 0 Å². The first kappa shape index (κ1) is 19.1. The lowest BCUT2D eigenvalue weighted by atomic mass is 10.1. The number of rotatable bonds is 5. The molecule has 0 atom stereocenters. The summed E-state index contributed by atoms with van der Waals surface area (Å²) >= 11 is 12.4. The van der Waals surface area contributed by atoms with Crippen LogP contribution in [0.15, 0.2) is 71.9 Å². The van der Waals surface area contributed by atoms with Crippen LogP contribution in [0, 0.1) is 0 Å². The second kappa shape index (κ2) is 8.03. The maximum atomic E-state index is 6.21. The van der Waals surface area contributed by atoms with E-state index in [0.29, 0.717) is 22.3 Å². The van der Waals surface area contributed by atoms with Crippen LogP contribution in [0.3, 0.4) is 0 Å². The molecule has 0 aliphatic heterocycles. The number of aliphatic imine (C=N–C) groups is 1. The quantitative estimate of drug-likeness (QED) is 0.316. The highest BCUT2D eigenvalue weighted by atomic mass is 35.5. The Balaban J connectivity index is 1.68. The molecule has 4 aromatic rings. The number of aromatic nitrogens is 2. The van der Waals surface area contributed by atoms with Crippen molar-refractivity contribution in [3.63, 3.8) is 0 Å². The lowest BCUT2D eigenvalue weighted by molar-refractivity contribution is 1.08. The van der Waals surface area contributed by atoms with Gasteiger partial charge in [0.25, 0.3) is 0 Å². The second-order valence-electron chi connectivity index (χ2n) is 6.45. The Morgan fingerprint density at radius 2 is 1.72 bits per heavy atom. The van der Waals surface area contributed by atoms with Gasteiger partial charge in [0.15, 0.2) is 5.96 Å². The summed E-state index contributed by atoms with van der Waals surface area (Å²) in [4.78, 5) is 8.80. The van der Waals surface area contributed by atoms with Gasteiger partial charge >= 0.3 is 0 Å². The number of imidazole rings is 1. The topological polar surface area (TPSA) is 93.7 Å². The Morgan fingerprint density at radius 3 is 2.41 bits per heavy atom. The number of hydrogen-bond acceptors (Lipinski definition) is 3. The zero-order valence-corrected chi connectivity index (χ0v) is 16.8. The minimum atomic E-state index is 0.0337. The summed E-state index contributed by atoms with van der Waals surface area (Å²) in [6.07, 6.45) is 1.96. The monoisotopic (exact) mass is 424 g/mol. The molecule has 0 aliphatic rings. The van der Waals surface area contributed by atoms with Crippen molar-refractivity contribution in [2.45, 2.75) is 6.54 Å². The van der Waals surface area contributed by atoms with Crippen molar-refractivity contribution in [2.24, 2.45) is 16.5 Å². The molecule has 0 bridgehead atoms. The normalized spacial score (nSPS) is 10.8. The van der Waals surface area contributed by atoms with Gasteiger partial charge in [-0.2, -0.15) is 0 Å². The number of nitrogens with one attached hydrogen (secondary N) is 1. The highest BCUT2D eigenvalue weighted by molar-refractivity contribution is 6.35. The molecular formula is C21H18Cl2N6. The number of pyridine rings is 1. The van der Waals surface area contributed by atoms with Gasteiger partial charge in [0, 0.05) is 28.4 Å². The molecule has 0 unspecified atom stereocenters. The van der Waals surface area contributed by atoms with E-state index in [-0.39, 0.29) is 5.96 Å². The first-order chi connectivity index (χ1) is 14.0. The van der Waals surface area contributed by atoms with Gasteiger partial charge in [-0.3, -0.25) is 4.40 Å². The van der Waals surface area contributed by atoms with E-state index in [1.165, 1.54) is 0 Å². The van der Waals surface area contributed by atoms with Gasteiger partial charge in [0.1, 0.15) is 17.2 Å². The fourth-order valence-corrected chi connectivity index (χ4v) is 3.61. The molecule has 8 heteroatoms. The Bertz CT molecular complexity index is 1170. The predicted molar refractivity (Wildman–Crippen MR) is 120 cm³/mol. The summed E-state index contributed by atoms with van der Waals surface area (Å²) < 4.78 is 2.00. The minimum absolute atomic E-state index is 0.0337. The Morgan fingerprint density at radius 1 is 1.00 bits per heavy atom. The molecule has 5 N–H and O–H groups in total. The SMILES string of the molecule is NC(N)=Nc1ccc(CNc2c(-c3cc(Cl)cc(Cl)c3)nc3ccccn23)cc1. The van der Waals surface area contributed by atoms with Crippen molar-refractivity contribution in [1.82, 2.24) is 9.38 Å². The Hall–Kier alpha value is -3.22. The molecule has 2 aromatic heterocycles. The third-order valence-electron chi connectivity index (χ3n) is 4.32. The van der Waals surface area contributed by atoms with E-state index in [9.17, 15) is 0 Å². The number of benzene rings is 2. The second-order valence-corrected chi connectivity index (χ2v) is 7.33. The van der Waals surface area contributed by atoms with E-state index in [1.807, 2.05) is 65.2 Å². The van der Waals surface area contributed by atoms with E-state index in [1.54, 1.807) is 6.07 Å². The average molecular weight is 425 g/mol. The fraction of sp³-hybridized carbons (Fsp3) is 0.0476. The van der Waals surface area contributed by atoms with Crippen molar-refractivity contribution in [3.8, 4) is 11.3 Å². The van der Waals surface area contributed by atoms with Crippen LogP contribution in [0.4, 0.5) is 11.5 Å². The van der Waals surface area contributed by atoms with Crippen LogP contribution in [-0.2, 0) is 6.54 Å². The minimum Gasteiger partial charge on any atom is -0.370 e. The zero-order valence-electron chi connectivity index (χ0n) is 15.3. The Labute approximate surface area is 177 Å². The van der Waals surface area contributed by atoms with Crippen LogP contribution in [0.1, 0.15) is 5.56 Å². The highest BCUT2D eigenvalue weighted by Crippen LogP contribution is 2.33. The van der Waals surface area contributed by atoms with Crippen molar-refractivity contribution in [1.29, 1.82) is 0 Å². The molecule has 0 amide bonds. The van der Waals surface area contributed by atoms with E-state index >= 15 is 0 Å². The molecule has 0 fully saturated rings. The number of hydrogen-bond donors (Lipinski definition) is 3. The predicted octanol–water partition coefficient (Wildman–Crippen LogP) is 4.83. The van der Waals surface area contributed by atoms with E-state index < -0.39 is 0 Å². The smallest absolute Gasteiger partial charge is 0.191 e. The van der Waals surface area contributed by atoms with Gasteiger partial charge in [0.05, 0.1) is 5.69 Å². The van der Waals surface area contributed by atoms with Crippen LogP contribution >= 0.6 is 23.2 Å². The van der Waals surface area contributed by atoms with E-state index in [0.717, 1.165) is 28.3 Å². The van der Waals surface area contributed by atoms with Crippen LogP contribution in [0.2, 0.25) is 10.0 Å². The molecular weight excluding hydrogens is 407 g/mol. The summed E-state index contributed by atoms with van der Waals surface area (Å²) in [5.74, 6) is 0.888. The third kappa shape index (κ3) is 4.29. The standard InChI is InChI=1S/C21H18Cl2N6/c22-15-9-14(10-16(23)11-15)19-20(29-8-2-1-3-18(29)28-19)26-12-13-4-6-17(7-5-13)27-21(24)25/h1-11,26H,12H2,(H4,24,25,27). The molecule has 4 rings (SSSR count). The van der Waals surface area contributed by atoms with Crippen LogP contribution < -0.4 is 16.8 Å². The van der Waals surface area contributed by atoms with Gasteiger partial charge in [-0.05, 0) is 48.0 Å². The third-order valence-corrected chi connectivity index (χ3v) is 4.76. The first-order valence-corrected chi connectivity index (χ1v) is 9.61. The molecule has 0 aliphatic carbocycles. The van der Waals surface area contributed by atoms with Crippen LogP contribution in [0.5, 0.6) is 0 Å². The lowest BCUT2D eigenvalue weighted by Gasteiger charge is -2.10. The maximum absolute atomic E-state index is 6.21. The van der Waals surface area contributed by atoms with Crippen LogP contribution in [-0.4, -0.2) is 15.3 Å². The molecule has 29 heavy (non-hydrogen) atoms. The van der Waals surface area contributed by atoms with Crippen molar-refractivity contribution in [3.05, 3.63) is 82.5 Å². The average Bonchev–Trinajstić information content (AvgIpc) is 3.05.